The molecule has 0 aromatic heterocycles. The van der Waals surface area contributed by atoms with Crippen molar-refractivity contribution in [3.63, 3.8) is 0 Å². The van der Waals surface area contributed by atoms with Crippen LogP contribution in [0.2, 0.25) is 0 Å². The second kappa shape index (κ2) is 7.54. The summed E-state index contributed by atoms with van der Waals surface area (Å²) in [6.07, 6.45) is 1.41. The Labute approximate surface area is 135 Å². The predicted octanol–water partition coefficient (Wildman–Crippen LogP) is 4.19. The van der Waals surface area contributed by atoms with E-state index in [-0.39, 0.29) is 5.83 Å². The van der Waals surface area contributed by atoms with Gasteiger partial charge in [-0.2, -0.15) is 0 Å². The molecule has 0 heterocycles. The van der Waals surface area contributed by atoms with Gasteiger partial charge in [-0.05, 0) is 48.0 Å². The van der Waals surface area contributed by atoms with Crippen molar-refractivity contribution in [1.29, 1.82) is 0 Å². The molecule has 0 amide bonds. The molecule has 0 bridgehead atoms. The summed E-state index contributed by atoms with van der Waals surface area (Å²) in [6.45, 7) is 0. The van der Waals surface area contributed by atoms with E-state index in [2.05, 4.69) is 0 Å². The van der Waals surface area contributed by atoms with Crippen molar-refractivity contribution in [1.82, 2.24) is 0 Å². The molecule has 122 valence electrons. The largest absolute Gasteiger partial charge is 0.497 e. The number of hydrogen-bond acceptors (Lipinski definition) is 4. The van der Waals surface area contributed by atoms with Crippen LogP contribution in [0, 0.1) is 0 Å². The zero-order valence-electron chi connectivity index (χ0n) is 13.6. The lowest BCUT2D eigenvalue weighted by molar-refractivity contribution is 0.324. The molecule has 2 aromatic rings. The van der Waals surface area contributed by atoms with Crippen molar-refractivity contribution in [2.75, 3.05) is 28.4 Å². The topological polar surface area (TPSA) is 36.9 Å². The fourth-order valence-electron chi connectivity index (χ4n) is 2.16. The van der Waals surface area contributed by atoms with Gasteiger partial charge in [-0.25, -0.2) is 4.39 Å². The molecule has 0 aliphatic rings. The SMILES string of the molecule is COc1ccc(/C(F)=C\c2cc(OC)c(OC)c(OC)c2)cc1. The summed E-state index contributed by atoms with van der Waals surface area (Å²) in [5.41, 5.74) is 1.06. The highest BCUT2D eigenvalue weighted by molar-refractivity contribution is 5.78. The monoisotopic (exact) mass is 318 g/mol. The third kappa shape index (κ3) is 3.74. The zero-order chi connectivity index (χ0) is 16.8. The summed E-state index contributed by atoms with van der Waals surface area (Å²) < 4.78 is 35.3. The first-order valence-electron chi connectivity index (χ1n) is 6.94. The van der Waals surface area contributed by atoms with Gasteiger partial charge in [0.2, 0.25) is 5.75 Å². The smallest absolute Gasteiger partial charge is 0.203 e. The van der Waals surface area contributed by atoms with Gasteiger partial charge in [-0.3, -0.25) is 0 Å². The highest BCUT2D eigenvalue weighted by Crippen LogP contribution is 2.39. The molecule has 4 nitrogen and oxygen atoms in total. The lowest BCUT2D eigenvalue weighted by Crippen LogP contribution is -1.95. The number of benzene rings is 2. The maximum absolute atomic E-state index is 14.4. The van der Waals surface area contributed by atoms with Gasteiger partial charge >= 0.3 is 0 Å². The molecule has 0 saturated carbocycles. The van der Waals surface area contributed by atoms with Crippen LogP contribution in [0.1, 0.15) is 11.1 Å². The molecule has 2 aromatic carbocycles. The van der Waals surface area contributed by atoms with E-state index in [0.717, 1.165) is 0 Å². The molecular weight excluding hydrogens is 299 g/mol. The second-order valence-corrected chi connectivity index (χ2v) is 4.68. The molecule has 0 atom stereocenters. The fourth-order valence-corrected chi connectivity index (χ4v) is 2.16. The van der Waals surface area contributed by atoms with Crippen LogP contribution in [0.3, 0.4) is 0 Å². The van der Waals surface area contributed by atoms with Gasteiger partial charge in [0.25, 0.3) is 0 Å². The van der Waals surface area contributed by atoms with E-state index in [0.29, 0.717) is 34.1 Å². The summed E-state index contributed by atoms with van der Waals surface area (Å²) in [6, 6.07) is 10.1. The van der Waals surface area contributed by atoms with Crippen molar-refractivity contribution in [3.8, 4) is 23.0 Å². The molecule has 23 heavy (non-hydrogen) atoms. The van der Waals surface area contributed by atoms with Crippen molar-refractivity contribution in [2.24, 2.45) is 0 Å². The van der Waals surface area contributed by atoms with Crippen LogP contribution >= 0.6 is 0 Å². The van der Waals surface area contributed by atoms with Crippen molar-refractivity contribution >= 4 is 11.9 Å². The first-order chi connectivity index (χ1) is 11.1. The van der Waals surface area contributed by atoms with E-state index in [1.54, 1.807) is 43.5 Å². The summed E-state index contributed by atoms with van der Waals surface area (Å²) in [5.74, 6) is 1.72. The normalized spacial score (nSPS) is 11.1. The van der Waals surface area contributed by atoms with E-state index in [1.165, 1.54) is 27.4 Å². The average molecular weight is 318 g/mol. The standard InChI is InChI=1S/C18H19FO4/c1-20-14-7-5-13(6-8-14)15(19)9-12-10-16(21-2)18(23-4)17(11-12)22-3/h5-11H,1-4H3/b15-9+. The molecule has 0 aliphatic carbocycles. The Balaban J connectivity index is 2.40. The summed E-state index contributed by atoms with van der Waals surface area (Å²) >= 11 is 0. The molecule has 0 saturated heterocycles. The molecule has 2 rings (SSSR count). The number of hydrogen-bond donors (Lipinski definition) is 0. The Morgan fingerprint density at radius 3 is 1.83 bits per heavy atom. The van der Waals surface area contributed by atoms with E-state index in [9.17, 15) is 4.39 Å². The number of ether oxygens (including phenoxy) is 4. The predicted molar refractivity (Wildman–Crippen MR) is 88.1 cm³/mol. The molecule has 0 radical (unpaired) electrons. The number of methoxy groups -OCH3 is 4. The van der Waals surface area contributed by atoms with E-state index in [1.807, 2.05) is 0 Å². The molecule has 0 aliphatic heterocycles. The molecule has 0 spiro atoms. The minimum atomic E-state index is -0.373. The maximum atomic E-state index is 14.4. The molecular formula is C18H19FO4. The average Bonchev–Trinajstić information content (AvgIpc) is 2.60. The summed E-state index contributed by atoms with van der Waals surface area (Å²) in [7, 11) is 6.13. The first-order valence-corrected chi connectivity index (χ1v) is 6.94. The third-order valence-electron chi connectivity index (χ3n) is 3.35. The van der Waals surface area contributed by atoms with Gasteiger partial charge < -0.3 is 18.9 Å². The van der Waals surface area contributed by atoms with Gasteiger partial charge in [-0.1, -0.05) is 0 Å². The van der Waals surface area contributed by atoms with Gasteiger partial charge in [0.15, 0.2) is 11.5 Å². The van der Waals surface area contributed by atoms with E-state index in [4.69, 9.17) is 18.9 Å². The Hall–Kier alpha value is -2.69. The van der Waals surface area contributed by atoms with E-state index >= 15 is 0 Å². The van der Waals surface area contributed by atoms with Crippen LogP contribution in [-0.2, 0) is 0 Å². The molecule has 0 unspecified atom stereocenters. The van der Waals surface area contributed by atoms with Crippen LogP contribution in [0.15, 0.2) is 36.4 Å². The minimum Gasteiger partial charge on any atom is -0.497 e. The number of halogens is 1. The van der Waals surface area contributed by atoms with Crippen molar-refractivity contribution in [2.45, 2.75) is 0 Å². The quantitative estimate of drug-likeness (QED) is 0.749. The second-order valence-electron chi connectivity index (χ2n) is 4.68. The fraction of sp³-hybridized carbons (Fsp3) is 0.222. The van der Waals surface area contributed by atoms with Gasteiger partial charge in [-0.15, -0.1) is 0 Å². The van der Waals surface area contributed by atoms with Gasteiger partial charge in [0.1, 0.15) is 11.6 Å². The highest BCUT2D eigenvalue weighted by Gasteiger charge is 2.13. The Morgan fingerprint density at radius 2 is 1.39 bits per heavy atom. The van der Waals surface area contributed by atoms with Crippen LogP contribution in [0.25, 0.3) is 11.9 Å². The van der Waals surface area contributed by atoms with Crippen LogP contribution in [0.5, 0.6) is 23.0 Å². The summed E-state index contributed by atoms with van der Waals surface area (Å²) in [4.78, 5) is 0. The van der Waals surface area contributed by atoms with Crippen LogP contribution < -0.4 is 18.9 Å². The molecule has 0 N–H and O–H groups in total. The molecule has 0 fully saturated rings. The van der Waals surface area contributed by atoms with Gasteiger partial charge in [0, 0.05) is 5.56 Å². The Morgan fingerprint density at radius 1 is 0.826 bits per heavy atom. The van der Waals surface area contributed by atoms with Crippen molar-refractivity contribution in [3.05, 3.63) is 47.5 Å². The van der Waals surface area contributed by atoms with E-state index < -0.39 is 0 Å². The summed E-state index contributed by atoms with van der Waals surface area (Å²) in [5, 5.41) is 0. The Bertz CT molecular complexity index is 668. The van der Waals surface area contributed by atoms with Gasteiger partial charge in [0.05, 0.1) is 28.4 Å². The highest BCUT2D eigenvalue weighted by atomic mass is 19.1. The Kier molecular flexibility index (Phi) is 5.46. The first kappa shape index (κ1) is 16.7. The number of rotatable bonds is 6. The zero-order valence-corrected chi connectivity index (χ0v) is 13.6. The van der Waals surface area contributed by atoms with Crippen LogP contribution in [-0.4, -0.2) is 28.4 Å². The molecule has 5 heteroatoms. The lowest BCUT2D eigenvalue weighted by Gasteiger charge is -2.13. The minimum absolute atomic E-state index is 0.373. The lowest BCUT2D eigenvalue weighted by atomic mass is 10.1. The van der Waals surface area contributed by atoms with Crippen molar-refractivity contribution < 1.29 is 23.3 Å². The third-order valence-corrected chi connectivity index (χ3v) is 3.35. The maximum Gasteiger partial charge on any atom is 0.203 e. The van der Waals surface area contributed by atoms with Crippen LogP contribution in [0.4, 0.5) is 4.39 Å².